The van der Waals surface area contributed by atoms with Crippen LogP contribution in [0.25, 0.3) is 60.7 Å². The predicted molar refractivity (Wildman–Crippen MR) is 191 cm³/mol. The van der Waals surface area contributed by atoms with Crippen molar-refractivity contribution < 1.29 is 8.98 Å². The molecule has 9 rings (SSSR count). The van der Waals surface area contributed by atoms with Crippen LogP contribution in [0.4, 0.5) is 0 Å². The molecule has 0 amide bonds. The van der Waals surface area contributed by atoms with E-state index in [9.17, 15) is 0 Å². The zero-order chi connectivity index (χ0) is 30.7. The van der Waals surface area contributed by atoms with E-state index in [4.69, 9.17) is 4.42 Å². The highest BCUT2D eigenvalue weighted by atomic mass is 31.2. The van der Waals surface area contributed by atoms with Crippen LogP contribution in [-0.2, 0) is 4.57 Å². The van der Waals surface area contributed by atoms with Crippen molar-refractivity contribution in [1.82, 2.24) is 9.55 Å². The van der Waals surface area contributed by atoms with E-state index >= 15 is 4.57 Å². The third-order valence-electron chi connectivity index (χ3n) is 8.94. The minimum atomic E-state index is -3.13. The van der Waals surface area contributed by atoms with E-state index in [-0.39, 0.29) is 0 Å². The van der Waals surface area contributed by atoms with Gasteiger partial charge in [0, 0.05) is 43.7 Å². The van der Waals surface area contributed by atoms with E-state index in [1.165, 1.54) is 10.8 Å². The summed E-state index contributed by atoms with van der Waals surface area (Å²) in [6.07, 6.45) is 1.83. The number of nitrogens with zero attached hydrogens (tertiary/aromatic N) is 2. The molecule has 0 aliphatic heterocycles. The Morgan fingerprint density at radius 3 is 1.78 bits per heavy atom. The molecular formula is C41H27N2O2P. The highest BCUT2D eigenvalue weighted by Gasteiger charge is 2.30. The first kappa shape index (κ1) is 26.7. The lowest BCUT2D eigenvalue weighted by Crippen LogP contribution is -2.24. The standard InChI is InChI=1S/C41H27N2O2P/c44-46(30-11-3-1-4-12-30,31-13-5-2-6-14-31)32-20-23-40-36(27-32)35-26-29(19-22-39(35)45-40)28-18-21-38-34(25-28)33-15-7-8-16-37(33)43(38)41-17-9-10-24-42-41/h1-27H. The molecule has 6 aromatic carbocycles. The Kier molecular flexibility index (Phi) is 6.06. The summed E-state index contributed by atoms with van der Waals surface area (Å²) in [4.78, 5) is 4.65. The molecule has 0 atom stereocenters. The Hall–Kier alpha value is -5.70. The predicted octanol–water partition coefficient (Wildman–Crippen LogP) is 9.38. The summed E-state index contributed by atoms with van der Waals surface area (Å²) >= 11 is 0. The minimum absolute atomic E-state index is 0.775. The second kappa shape index (κ2) is 10.4. The van der Waals surface area contributed by atoms with Crippen LogP contribution < -0.4 is 15.9 Å². The van der Waals surface area contributed by atoms with Crippen LogP contribution in [-0.4, -0.2) is 9.55 Å². The second-order valence-electron chi connectivity index (χ2n) is 11.5. The Labute approximate surface area is 265 Å². The average molecular weight is 611 g/mol. The highest BCUT2D eigenvalue weighted by molar-refractivity contribution is 7.85. The van der Waals surface area contributed by atoms with Gasteiger partial charge in [0.25, 0.3) is 0 Å². The first-order valence-electron chi connectivity index (χ1n) is 15.3. The quantitative estimate of drug-likeness (QED) is 0.183. The van der Waals surface area contributed by atoms with Crippen LogP contribution in [0, 0.1) is 0 Å². The zero-order valence-electron chi connectivity index (χ0n) is 24.7. The third-order valence-corrected chi connectivity index (χ3v) is 12.0. The van der Waals surface area contributed by atoms with Gasteiger partial charge in [0.2, 0.25) is 0 Å². The number of rotatable bonds is 5. The molecule has 46 heavy (non-hydrogen) atoms. The molecule has 0 N–H and O–H groups in total. The molecule has 9 aromatic rings. The van der Waals surface area contributed by atoms with Crippen molar-refractivity contribution in [1.29, 1.82) is 0 Å². The first-order chi connectivity index (χ1) is 22.7. The molecule has 3 aromatic heterocycles. The maximum absolute atomic E-state index is 15.1. The summed E-state index contributed by atoms with van der Waals surface area (Å²) in [5.74, 6) is 0.895. The van der Waals surface area contributed by atoms with Crippen molar-refractivity contribution in [3.05, 3.63) is 164 Å². The van der Waals surface area contributed by atoms with Crippen molar-refractivity contribution in [3.8, 4) is 16.9 Å². The number of para-hydroxylation sites is 1. The van der Waals surface area contributed by atoms with Crippen LogP contribution in [0.5, 0.6) is 0 Å². The van der Waals surface area contributed by atoms with Crippen molar-refractivity contribution in [3.63, 3.8) is 0 Å². The fraction of sp³-hybridized carbons (Fsp3) is 0. The minimum Gasteiger partial charge on any atom is -0.456 e. The molecule has 0 fully saturated rings. The maximum atomic E-state index is 15.1. The smallest absolute Gasteiger partial charge is 0.171 e. The Morgan fingerprint density at radius 1 is 0.478 bits per heavy atom. The van der Waals surface area contributed by atoms with Crippen LogP contribution in [0.1, 0.15) is 0 Å². The fourth-order valence-corrected chi connectivity index (χ4v) is 9.42. The number of benzene rings is 6. The molecule has 0 bridgehead atoms. The molecule has 0 spiro atoms. The van der Waals surface area contributed by atoms with Gasteiger partial charge in [-0.3, -0.25) is 4.57 Å². The molecule has 3 heterocycles. The van der Waals surface area contributed by atoms with Gasteiger partial charge in [0.15, 0.2) is 7.14 Å². The Morgan fingerprint density at radius 2 is 1.07 bits per heavy atom. The van der Waals surface area contributed by atoms with Crippen molar-refractivity contribution >= 4 is 66.8 Å². The van der Waals surface area contributed by atoms with Gasteiger partial charge >= 0.3 is 0 Å². The van der Waals surface area contributed by atoms with E-state index in [0.29, 0.717) is 0 Å². The normalized spacial score (nSPS) is 12.0. The lowest BCUT2D eigenvalue weighted by Gasteiger charge is -2.20. The molecule has 0 radical (unpaired) electrons. The van der Waals surface area contributed by atoms with Crippen LogP contribution in [0.15, 0.2) is 168 Å². The highest BCUT2D eigenvalue weighted by Crippen LogP contribution is 2.44. The molecule has 0 saturated carbocycles. The summed E-state index contributed by atoms with van der Waals surface area (Å²) in [5, 5.41) is 6.72. The molecule has 5 heteroatoms. The van der Waals surface area contributed by atoms with Crippen LogP contribution in [0.2, 0.25) is 0 Å². The third kappa shape index (κ3) is 4.08. The fourth-order valence-electron chi connectivity index (χ4n) is 6.75. The zero-order valence-corrected chi connectivity index (χ0v) is 25.6. The summed E-state index contributed by atoms with van der Waals surface area (Å²) < 4.78 is 23.6. The van der Waals surface area contributed by atoms with Gasteiger partial charge in [0.05, 0.1) is 11.0 Å². The van der Waals surface area contributed by atoms with Gasteiger partial charge in [-0.15, -0.1) is 0 Å². The van der Waals surface area contributed by atoms with Gasteiger partial charge in [-0.05, 0) is 71.8 Å². The molecule has 0 unspecified atom stereocenters. The van der Waals surface area contributed by atoms with E-state index in [2.05, 4.69) is 70.2 Å². The average Bonchev–Trinajstić information content (AvgIpc) is 3.67. The Bertz CT molecular complexity index is 2560. The lowest BCUT2D eigenvalue weighted by atomic mass is 10.0. The van der Waals surface area contributed by atoms with Crippen LogP contribution in [0.3, 0.4) is 0 Å². The summed E-state index contributed by atoms with van der Waals surface area (Å²) in [6.45, 7) is 0. The molecule has 0 saturated heterocycles. The number of hydrogen-bond acceptors (Lipinski definition) is 3. The molecule has 0 aliphatic carbocycles. The molecular weight excluding hydrogens is 583 g/mol. The Balaban J connectivity index is 1.22. The van der Waals surface area contributed by atoms with Crippen molar-refractivity contribution in [2.24, 2.45) is 0 Å². The van der Waals surface area contributed by atoms with Gasteiger partial charge in [-0.25, -0.2) is 4.98 Å². The SMILES string of the molecule is O=P(c1ccccc1)(c1ccccc1)c1ccc2oc3ccc(-c4ccc5c(c4)c4ccccc4n5-c4ccccn4)cc3c2c1. The van der Waals surface area contributed by atoms with Crippen molar-refractivity contribution in [2.75, 3.05) is 0 Å². The first-order valence-corrected chi connectivity index (χ1v) is 17.0. The largest absolute Gasteiger partial charge is 0.456 e. The van der Waals surface area contributed by atoms with E-state index in [1.54, 1.807) is 0 Å². The van der Waals surface area contributed by atoms with Gasteiger partial charge in [-0.1, -0.05) is 97.1 Å². The molecule has 0 aliphatic rings. The van der Waals surface area contributed by atoms with E-state index in [0.717, 1.165) is 65.8 Å². The number of fused-ring (bicyclic) bond motifs is 6. The second-order valence-corrected chi connectivity index (χ2v) is 14.3. The lowest BCUT2D eigenvalue weighted by molar-refractivity contribution is 0.592. The van der Waals surface area contributed by atoms with Gasteiger partial charge < -0.3 is 8.98 Å². The monoisotopic (exact) mass is 610 g/mol. The van der Waals surface area contributed by atoms with E-state index in [1.807, 2.05) is 103 Å². The summed E-state index contributed by atoms with van der Waals surface area (Å²) in [5.41, 5.74) is 6.02. The van der Waals surface area contributed by atoms with Gasteiger partial charge in [0.1, 0.15) is 17.0 Å². The van der Waals surface area contributed by atoms with Gasteiger partial charge in [-0.2, -0.15) is 0 Å². The molecule has 218 valence electrons. The summed E-state index contributed by atoms with van der Waals surface area (Å²) in [7, 11) is -3.13. The maximum Gasteiger partial charge on any atom is 0.171 e. The van der Waals surface area contributed by atoms with Crippen LogP contribution >= 0.6 is 7.14 Å². The summed E-state index contributed by atoms with van der Waals surface area (Å²) in [6, 6.07) is 53.0. The number of pyridine rings is 1. The number of aromatic nitrogens is 2. The number of hydrogen-bond donors (Lipinski definition) is 0. The van der Waals surface area contributed by atoms with Crippen molar-refractivity contribution in [2.45, 2.75) is 0 Å². The molecule has 4 nitrogen and oxygen atoms in total. The number of furan rings is 1. The van der Waals surface area contributed by atoms with E-state index < -0.39 is 7.14 Å². The topological polar surface area (TPSA) is 48.0 Å².